The highest BCUT2D eigenvalue weighted by atomic mass is 16.5. The second-order valence-corrected chi connectivity index (χ2v) is 16.7. The monoisotopic (exact) mass is 539 g/mol. The largest absolute Gasteiger partial charge is 0.377 e. The Hall–Kier alpha value is -0.670. The lowest BCUT2D eigenvalue weighted by Crippen LogP contribution is -2.69. The Morgan fingerprint density at radius 3 is 2.18 bits per heavy atom. The molecule has 5 fully saturated rings. The van der Waals surface area contributed by atoms with Crippen LogP contribution in [0.2, 0.25) is 0 Å². The number of ether oxygens (including phenoxy) is 1. The van der Waals surface area contributed by atoms with Gasteiger partial charge in [-0.2, -0.15) is 0 Å². The van der Waals surface area contributed by atoms with Gasteiger partial charge in [0.05, 0.1) is 12.7 Å². The average Bonchev–Trinajstić information content (AvgIpc) is 3.08. The first-order valence-corrected chi connectivity index (χ1v) is 16.7. The fourth-order valence-corrected chi connectivity index (χ4v) is 12.2. The van der Waals surface area contributed by atoms with Crippen LogP contribution in [-0.2, 0) is 9.53 Å². The molecule has 0 amide bonds. The molecule has 39 heavy (non-hydrogen) atoms. The van der Waals surface area contributed by atoms with Crippen LogP contribution in [0.3, 0.4) is 0 Å². The molecule has 8 atom stereocenters. The lowest BCUT2D eigenvalue weighted by Gasteiger charge is -2.73. The highest BCUT2D eigenvalue weighted by Crippen LogP contribution is 2.77. The molecular weight excluding hydrogens is 478 g/mol. The first kappa shape index (κ1) is 29.8. The maximum Gasteiger partial charge on any atom is 0.138 e. The third kappa shape index (κ3) is 4.04. The molecule has 5 rings (SSSR count). The van der Waals surface area contributed by atoms with Gasteiger partial charge in [-0.1, -0.05) is 74.5 Å². The van der Waals surface area contributed by atoms with Crippen molar-refractivity contribution in [1.29, 1.82) is 0 Å². The third-order valence-corrected chi connectivity index (χ3v) is 15.0. The van der Waals surface area contributed by atoms with Gasteiger partial charge in [0.2, 0.25) is 0 Å². The van der Waals surface area contributed by atoms with Crippen molar-refractivity contribution in [1.82, 2.24) is 4.90 Å². The number of likely N-dealkylation sites (N-methyl/N-ethyl adjacent to an activating group) is 1. The minimum absolute atomic E-state index is 0.156. The SMILES string of the molecule is C=C1CCC(C)(C)C12CCC1(C)C(CCC3C4(C)CCC(=O)C(C)(C)C4C(OCCN(CC)CC)CC31C)C2. The first-order valence-electron chi connectivity index (χ1n) is 16.7. The molecule has 0 saturated heterocycles. The predicted octanol–water partition coefficient (Wildman–Crippen LogP) is 8.71. The number of rotatable bonds is 6. The van der Waals surface area contributed by atoms with Crippen molar-refractivity contribution in [3.05, 3.63) is 12.2 Å². The van der Waals surface area contributed by atoms with Crippen LogP contribution in [0, 0.1) is 50.2 Å². The van der Waals surface area contributed by atoms with Crippen LogP contribution in [0.15, 0.2) is 12.2 Å². The molecule has 3 heteroatoms. The van der Waals surface area contributed by atoms with Gasteiger partial charge in [-0.3, -0.25) is 4.79 Å². The standard InChI is InChI=1S/C36H61NO2/c1-11-37(12-2)21-22-39-27-24-35(10)28(33(8)18-16-29(38)32(6,7)30(27)33)14-13-26-23-36(20-19-34(26,35)9)25(3)15-17-31(36,4)5/h26-28,30H,3,11-24H2,1-2,4-10H3. The van der Waals surface area contributed by atoms with Gasteiger partial charge in [-0.25, -0.2) is 0 Å². The van der Waals surface area contributed by atoms with Crippen molar-refractivity contribution in [3.8, 4) is 0 Å². The highest BCUT2D eigenvalue weighted by molar-refractivity contribution is 5.85. The van der Waals surface area contributed by atoms with Crippen LogP contribution in [0.1, 0.15) is 127 Å². The zero-order valence-corrected chi connectivity index (χ0v) is 27.2. The predicted molar refractivity (Wildman–Crippen MR) is 163 cm³/mol. The summed E-state index contributed by atoms with van der Waals surface area (Å²) in [7, 11) is 0. The van der Waals surface area contributed by atoms with E-state index in [1.807, 2.05) is 0 Å². The van der Waals surface area contributed by atoms with E-state index in [4.69, 9.17) is 11.3 Å². The Bertz CT molecular complexity index is 979. The molecule has 0 aliphatic heterocycles. The average molecular weight is 540 g/mol. The summed E-state index contributed by atoms with van der Waals surface area (Å²) in [5, 5.41) is 0. The Morgan fingerprint density at radius 1 is 0.872 bits per heavy atom. The minimum Gasteiger partial charge on any atom is -0.377 e. The Morgan fingerprint density at radius 2 is 1.56 bits per heavy atom. The summed E-state index contributed by atoms with van der Waals surface area (Å²) in [5.41, 5.74) is 2.67. The quantitative estimate of drug-likeness (QED) is 0.316. The van der Waals surface area contributed by atoms with Gasteiger partial charge in [0.25, 0.3) is 0 Å². The molecule has 0 bridgehead atoms. The zero-order valence-electron chi connectivity index (χ0n) is 27.2. The number of fused-ring (bicyclic) bond motifs is 5. The van der Waals surface area contributed by atoms with Gasteiger partial charge in [0.15, 0.2) is 0 Å². The van der Waals surface area contributed by atoms with E-state index in [0.29, 0.717) is 33.9 Å². The van der Waals surface area contributed by atoms with Crippen molar-refractivity contribution in [3.63, 3.8) is 0 Å². The van der Waals surface area contributed by atoms with Crippen molar-refractivity contribution < 1.29 is 9.53 Å². The second kappa shape index (κ2) is 9.68. The number of carbonyl (C=O) groups is 1. The Kier molecular flexibility index (Phi) is 7.40. The maximum absolute atomic E-state index is 13.4. The van der Waals surface area contributed by atoms with Gasteiger partial charge >= 0.3 is 0 Å². The minimum atomic E-state index is -0.311. The molecule has 1 spiro atoms. The summed E-state index contributed by atoms with van der Waals surface area (Å²) < 4.78 is 7.01. The van der Waals surface area contributed by atoms with Gasteiger partial charge in [0, 0.05) is 24.3 Å². The Balaban J connectivity index is 1.50. The summed E-state index contributed by atoms with van der Waals surface area (Å²) >= 11 is 0. The molecule has 0 N–H and O–H groups in total. The second-order valence-electron chi connectivity index (χ2n) is 16.7. The van der Waals surface area contributed by atoms with E-state index in [2.05, 4.69) is 67.2 Å². The maximum atomic E-state index is 13.4. The van der Waals surface area contributed by atoms with Crippen molar-refractivity contribution >= 4 is 5.78 Å². The van der Waals surface area contributed by atoms with Gasteiger partial charge in [0.1, 0.15) is 5.78 Å². The molecule has 5 saturated carbocycles. The molecule has 5 aliphatic carbocycles. The lowest BCUT2D eigenvalue weighted by atomic mass is 9.32. The summed E-state index contributed by atoms with van der Waals surface area (Å²) in [6, 6.07) is 0. The van der Waals surface area contributed by atoms with E-state index in [1.54, 1.807) is 5.57 Å². The third-order valence-electron chi connectivity index (χ3n) is 15.0. The van der Waals surface area contributed by atoms with Crippen molar-refractivity contribution in [2.24, 2.45) is 50.2 Å². The van der Waals surface area contributed by atoms with E-state index in [0.717, 1.165) is 51.4 Å². The number of nitrogens with zero attached hydrogens (tertiary/aromatic N) is 1. The molecule has 0 radical (unpaired) electrons. The number of allylic oxidation sites excluding steroid dienone is 1. The molecule has 0 heterocycles. The molecular formula is C36H61NO2. The summed E-state index contributed by atoms with van der Waals surface area (Å²) in [4.78, 5) is 15.9. The van der Waals surface area contributed by atoms with Crippen LogP contribution < -0.4 is 0 Å². The van der Waals surface area contributed by atoms with E-state index in [9.17, 15) is 4.79 Å². The molecule has 0 aromatic rings. The number of hydrogen-bond acceptors (Lipinski definition) is 3. The summed E-state index contributed by atoms with van der Waals surface area (Å²) in [5.74, 6) is 2.20. The van der Waals surface area contributed by atoms with Crippen LogP contribution in [0.25, 0.3) is 0 Å². The number of Topliss-reactive ketones (excluding diaryl/α,β-unsaturated/α-hetero) is 1. The van der Waals surface area contributed by atoms with E-state index in [-0.39, 0.29) is 22.3 Å². The van der Waals surface area contributed by atoms with Crippen LogP contribution >= 0.6 is 0 Å². The number of ketones is 1. The zero-order chi connectivity index (χ0) is 28.6. The highest BCUT2D eigenvalue weighted by Gasteiger charge is 2.71. The van der Waals surface area contributed by atoms with Gasteiger partial charge in [-0.05, 0) is 110 Å². The van der Waals surface area contributed by atoms with E-state index < -0.39 is 0 Å². The fraction of sp³-hybridized carbons (Fsp3) is 0.917. The fourth-order valence-electron chi connectivity index (χ4n) is 12.2. The summed E-state index contributed by atoms with van der Waals surface area (Å²) in [6.45, 7) is 30.6. The smallest absolute Gasteiger partial charge is 0.138 e. The molecule has 5 aliphatic rings. The number of hydrogen-bond donors (Lipinski definition) is 0. The van der Waals surface area contributed by atoms with Crippen LogP contribution in [0.4, 0.5) is 0 Å². The molecule has 222 valence electrons. The van der Waals surface area contributed by atoms with E-state index in [1.165, 1.54) is 44.9 Å². The summed E-state index contributed by atoms with van der Waals surface area (Å²) in [6.07, 6.45) is 12.3. The van der Waals surface area contributed by atoms with E-state index >= 15 is 0 Å². The van der Waals surface area contributed by atoms with Crippen LogP contribution in [0.5, 0.6) is 0 Å². The molecule has 8 unspecified atom stereocenters. The number of carbonyl (C=O) groups excluding carboxylic acids is 1. The Labute approximate surface area is 241 Å². The normalized spacial score (nSPS) is 46.7. The topological polar surface area (TPSA) is 29.5 Å². The van der Waals surface area contributed by atoms with Gasteiger partial charge in [-0.15, -0.1) is 0 Å². The first-order chi connectivity index (χ1) is 18.1. The molecule has 0 aromatic carbocycles. The lowest BCUT2D eigenvalue weighted by molar-refractivity contribution is -0.259. The van der Waals surface area contributed by atoms with Gasteiger partial charge < -0.3 is 9.64 Å². The van der Waals surface area contributed by atoms with Crippen LogP contribution in [-0.4, -0.2) is 43.0 Å². The molecule has 3 nitrogen and oxygen atoms in total. The van der Waals surface area contributed by atoms with Crippen molar-refractivity contribution in [2.45, 2.75) is 133 Å². The molecule has 0 aromatic heterocycles. The van der Waals surface area contributed by atoms with Crippen molar-refractivity contribution in [2.75, 3.05) is 26.2 Å².